The van der Waals surface area contributed by atoms with E-state index in [0.29, 0.717) is 17.8 Å². The first-order valence-corrected chi connectivity index (χ1v) is 7.75. The second-order valence-electron chi connectivity index (χ2n) is 6.91. The predicted molar refractivity (Wildman–Crippen MR) is 81.2 cm³/mol. The summed E-state index contributed by atoms with van der Waals surface area (Å²) in [4.78, 5) is 0. The lowest BCUT2D eigenvalue weighted by molar-refractivity contribution is -0.0295. The summed E-state index contributed by atoms with van der Waals surface area (Å²) in [5.41, 5.74) is 1.87. The van der Waals surface area contributed by atoms with Gasteiger partial charge in [0.1, 0.15) is 0 Å². The average molecular weight is 260 g/mol. The molecule has 0 aromatic heterocycles. The van der Waals surface area contributed by atoms with Crippen LogP contribution >= 0.6 is 0 Å². The van der Waals surface area contributed by atoms with Crippen LogP contribution in [0.1, 0.15) is 70.4 Å². The highest BCUT2D eigenvalue weighted by Crippen LogP contribution is 2.42. The quantitative estimate of drug-likeness (QED) is 0.824. The van der Waals surface area contributed by atoms with E-state index in [-0.39, 0.29) is 0 Å². The van der Waals surface area contributed by atoms with Crippen molar-refractivity contribution in [2.45, 2.75) is 64.9 Å². The standard InChI is InChI=1S/C18H28O/c1-13(2)15-7-9-17(10-8-15)18(19)11-5-6-16(12-18)14(3)4/h7-10,13-14,16,19H,5-6,11-12H2,1-4H3. The fourth-order valence-corrected chi connectivity index (χ4v) is 3.30. The molecule has 1 aliphatic rings. The van der Waals surface area contributed by atoms with Crippen LogP contribution in [0, 0.1) is 11.8 Å². The van der Waals surface area contributed by atoms with Crippen molar-refractivity contribution in [2.24, 2.45) is 11.8 Å². The van der Waals surface area contributed by atoms with Crippen LogP contribution < -0.4 is 0 Å². The molecule has 1 aromatic rings. The van der Waals surface area contributed by atoms with Gasteiger partial charge in [-0.2, -0.15) is 0 Å². The Hall–Kier alpha value is -0.820. The molecule has 2 atom stereocenters. The van der Waals surface area contributed by atoms with Crippen molar-refractivity contribution < 1.29 is 5.11 Å². The van der Waals surface area contributed by atoms with Crippen LogP contribution in [0.2, 0.25) is 0 Å². The van der Waals surface area contributed by atoms with Crippen molar-refractivity contribution in [1.82, 2.24) is 0 Å². The molecular formula is C18H28O. The summed E-state index contributed by atoms with van der Waals surface area (Å²) < 4.78 is 0. The molecule has 1 N–H and O–H groups in total. The van der Waals surface area contributed by atoms with E-state index in [9.17, 15) is 5.11 Å². The minimum atomic E-state index is -0.595. The minimum Gasteiger partial charge on any atom is -0.385 e. The Morgan fingerprint density at radius 3 is 2.26 bits per heavy atom. The minimum absolute atomic E-state index is 0.554. The van der Waals surface area contributed by atoms with E-state index in [0.717, 1.165) is 24.8 Å². The van der Waals surface area contributed by atoms with Gasteiger partial charge in [-0.05, 0) is 54.6 Å². The summed E-state index contributed by atoms with van der Waals surface area (Å²) in [6, 6.07) is 8.63. The zero-order chi connectivity index (χ0) is 14.0. The second-order valence-corrected chi connectivity index (χ2v) is 6.91. The molecule has 19 heavy (non-hydrogen) atoms. The van der Waals surface area contributed by atoms with Crippen LogP contribution in [0.25, 0.3) is 0 Å². The lowest BCUT2D eigenvalue weighted by atomic mass is 9.71. The highest BCUT2D eigenvalue weighted by Gasteiger charge is 2.36. The van der Waals surface area contributed by atoms with Crippen LogP contribution in [0.4, 0.5) is 0 Å². The molecule has 0 amide bonds. The molecule has 0 radical (unpaired) electrons. The molecule has 1 aliphatic carbocycles. The first-order chi connectivity index (χ1) is 8.92. The van der Waals surface area contributed by atoms with E-state index in [1.165, 1.54) is 12.0 Å². The molecule has 2 rings (SSSR count). The molecule has 1 heteroatoms. The molecule has 0 aliphatic heterocycles. The summed E-state index contributed by atoms with van der Waals surface area (Å²) >= 11 is 0. The highest BCUT2D eigenvalue weighted by atomic mass is 16.3. The maximum absolute atomic E-state index is 11.0. The van der Waals surface area contributed by atoms with Gasteiger partial charge < -0.3 is 5.11 Å². The van der Waals surface area contributed by atoms with E-state index >= 15 is 0 Å². The van der Waals surface area contributed by atoms with Crippen molar-refractivity contribution in [3.05, 3.63) is 35.4 Å². The van der Waals surface area contributed by atoms with E-state index < -0.39 is 5.60 Å². The van der Waals surface area contributed by atoms with Gasteiger partial charge in [0.05, 0.1) is 5.60 Å². The molecule has 1 saturated carbocycles. The Bertz CT molecular complexity index is 404. The lowest BCUT2D eigenvalue weighted by Gasteiger charge is -2.39. The van der Waals surface area contributed by atoms with Crippen LogP contribution in [0.3, 0.4) is 0 Å². The molecule has 0 saturated heterocycles. The van der Waals surface area contributed by atoms with Crippen molar-refractivity contribution in [3.8, 4) is 0 Å². The summed E-state index contributed by atoms with van der Waals surface area (Å²) in [6.45, 7) is 8.97. The maximum atomic E-state index is 11.0. The molecule has 1 fully saturated rings. The summed E-state index contributed by atoms with van der Waals surface area (Å²) in [7, 11) is 0. The fraction of sp³-hybridized carbons (Fsp3) is 0.667. The molecule has 0 bridgehead atoms. The Morgan fingerprint density at radius 2 is 1.74 bits per heavy atom. The molecule has 1 nitrogen and oxygen atoms in total. The van der Waals surface area contributed by atoms with E-state index in [2.05, 4.69) is 52.0 Å². The number of hydrogen-bond donors (Lipinski definition) is 1. The number of hydrogen-bond acceptors (Lipinski definition) is 1. The molecule has 0 heterocycles. The van der Waals surface area contributed by atoms with Crippen LogP contribution in [-0.2, 0) is 5.60 Å². The largest absolute Gasteiger partial charge is 0.385 e. The smallest absolute Gasteiger partial charge is 0.0899 e. The van der Waals surface area contributed by atoms with E-state index in [1.54, 1.807) is 0 Å². The summed E-state index contributed by atoms with van der Waals surface area (Å²) in [6.07, 6.45) is 4.25. The topological polar surface area (TPSA) is 20.2 Å². The van der Waals surface area contributed by atoms with Crippen LogP contribution in [0.15, 0.2) is 24.3 Å². The fourth-order valence-electron chi connectivity index (χ4n) is 3.30. The lowest BCUT2D eigenvalue weighted by Crippen LogP contribution is -2.34. The Balaban J connectivity index is 2.19. The van der Waals surface area contributed by atoms with Crippen molar-refractivity contribution in [1.29, 1.82) is 0 Å². The monoisotopic (exact) mass is 260 g/mol. The molecule has 2 unspecified atom stereocenters. The van der Waals surface area contributed by atoms with Crippen LogP contribution in [-0.4, -0.2) is 5.11 Å². The van der Waals surface area contributed by atoms with Gasteiger partial charge in [-0.1, -0.05) is 52.0 Å². The van der Waals surface area contributed by atoms with Gasteiger partial charge in [-0.25, -0.2) is 0 Å². The van der Waals surface area contributed by atoms with Gasteiger partial charge in [0.2, 0.25) is 0 Å². The second kappa shape index (κ2) is 5.66. The third kappa shape index (κ3) is 3.20. The SMILES string of the molecule is CC(C)c1ccc(C2(O)CCCC(C(C)C)C2)cc1. The summed E-state index contributed by atoms with van der Waals surface area (Å²) in [5.74, 6) is 1.88. The zero-order valence-electron chi connectivity index (χ0n) is 12.8. The number of aliphatic hydroxyl groups is 1. The number of benzene rings is 1. The Kier molecular flexibility index (Phi) is 4.35. The Morgan fingerprint density at radius 1 is 1.11 bits per heavy atom. The molecule has 1 aromatic carbocycles. The van der Waals surface area contributed by atoms with E-state index in [1.807, 2.05) is 0 Å². The first kappa shape index (κ1) is 14.6. The van der Waals surface area contributed by atoms with Gasteiger partial charge in [0.15, 0.2) is 0 Å². The Labute approximate surface area is 118 Å². The maximum Gasteiger partial charge on any atom is 0.0899 e. The van der Waals surface area contributed by atoms with Crippen molar-refractivity contribution >= 4 is 0 Å². The zero-order valence-corrected chi connectivity index (χ0v) is 12.8. The summed E-state index contributed by atoms with van der Waals surface area (Å²) in [5, 5.41) is 11.0. The predicted octanol–water partition coefficient (Wildman–Crippen LogP) is 4.84. The van der Waals surface area contributed by atoms with Crippen molar-refractivity contribution in [2.75, 3.05) is 0 Å². The normalized spacial score (nSPS) is 28.1. The third-order valence-electron chi connectivity index (χ3n) is 4.82. The average Bonchev–Trinajstić information content (AvgIpc) is 2.39. The van der Waals surface area contributed by atoms with Gasteiger partial charge in [0, 0.05) is 0 Å². The molecule has 106 valence electrons. The third-order valence-corrected chi connectivity index (χ3v) is 4.82. The highest BCUT2D eigenvalue weighted by molar-refractivity contribution is 5.29. The van der Waals surface area contributed by atoms with E-state index in [4.69, 9.17) is 0 Å². The number of rotatable bonds is 3. The van der Waals surface area contributed by atoms with Crippen molar-refractivity contribution in [3.63, 3.8) is 0 Å². The molecule has 0 spiro atoms. The van der Waals surface area contributed by atoms with Gasteiger partial charge >= 0.3 is 0 Å². The van der Waals surface area contributed by atoms with Gasteiger partial charge in [-0.15, -0.1) is 0 Å². The van der Waals surface area contributed by atoms with Gasteiger partial charge in [-0.3, -0.25) is 0 Å². The van der Waals surface area contributed by atoms with Gasteiger partial charge in [0.25, 0.3) is 0 Å². The first-order valence-electron chi connectivity index (χ1n) is 7.75. The molecular weight excluding hydrogens is 232 g/mol. The van der Waals surface area contributed by atoms with Crippen LogP contribution in [0.5, 0.6) is 0 Å².